The molecule has 0 unspecified atom stereocenters. The molecule has 1 amide bonds. The van der Waals surface area contributed by atoms with Gasteiger partial charge in [-0.15, -0.1) is 0 Å². The number of nitrogens with one attached hydrogen (secondary N) is 1. The largest absolute Gasteiger partial charge is 0.493 e. The average molecular weight is 390 g/mol. The second kappa shape index (κ2) is 8.18. The first-order chi connectivity index (χ1) is 14.2. The highest BCUT2D eigenvalue weighted by molar-refractivity contribution is 6.03. The predicted octanol–water partition coefficient (Wildman–Crippen LogP) is 3.31. The predicted molar refractivity (Wildman–Crippen MR) is 111 cm³/mol. The van der Waals surface area contributed by atoms with E-state index in [1.54, 1.807) is 38.7 Å². The number of methoxy groups -OCH3 is 2. The van der Waals surface area contributed by atoms with Gasteiger partial charge in [-0.25, -0.2) is 4.98 Å². The summed E-state index contributed by atoms with van der Waals surface area (Å²) >= 11 is 0. The fraction of sp³-hybridized carbons (Fsp3) is 0.227. The second-order valence-corrected chi connectivity index (χ2v) is 6.74. The first kappa shape index (κ1) is 18.7. The summed E-state index contributed by atoms with van der Waals surface area (Å²) in [5, 5.41) is 2.79. The molecule has 0 atom stereocenters. The Kier molecular flexibility index (Phi) is 5.29. The maximum atomic E-state index is 12.2. The fourth-order valence-corrected chi connectivity index (χ4v) is 3.44. The number of aromatic nitrogens is 2. The Morgan fingerprint density at radius 3 is 2.52 bits per heavy atom. The lowest BCUT2D eigenvalue weighted by Gasteiger charge is -2.31. The lowest BCUT2D eigenvalue weighted by molar-refractivity contribution is 0.102. The van der Waals surface area contributed by atoms with Gasteiger partial charge in [0.25, 0.3) is 5.91 Å². The van der Waals surface area contributed by atoms with Gasteiger partial charge < -0.3 is 19.7 Å². The van der Waals surface area contributed by atoms with Crippen molar-refractivity contribution in [1.29, 1.82) is 0 Å². The molecule has 1 N–H and O–H groups in total. The molecule has 0 fully saturated rings. The third kappa shape index (κ3) is 3.99. The molecule has 1 aromatic carbocycles. The number of carbonyl (C=O) groups is 1. The third-order valence-electron chi connectivity index (χ3n) is 5.00. The van der Waals surface area contributed by atoms with E-state index in [9.17, 15) is 4.79 Å². The molecule has 29 heavy (non-hydrogen) atoms. The molecule has 148 valence electrons. The second-order valence-electron chi connectivity index (χ2n) is 6.74. The van der Waals surface area contributed by atoms with E-state index >= 15 is 0 Å². The zero-order valence-electron chi connectivity index (χ0n) is 16.4. The molecule has 0 spiro atoms. The van der Waals surface area contributed by atoms with Crippen LogP contribution in [0.2, 0.25) is 0 Å². The van der Waals surface area contributed by atoms with Gasteiger partial charge in [-0.2, -0.15) is 0 Å². The van der Waals surface area contributed by atoms with Gasteiger partial charge in [-0.05, 0) is 53.9 Å². The van der Waals surface area contributed by atoms with Crippen LogP contribution >= 0.6 is 0 Å². The molecule has 0 saturated carbocycles. The van der Waals surface area contributed by atoms with Crippen LogP contribution in [-0.2, 0) is 13.0 Å². The topological polar surface area (TPSA) is 76.6 Å². The van der Waals surface area contributed by atoms with Crippen molar-refractivity contribution in [2.24, 2.45) is 0 Å². The number of carbonyl (C=O) groups excluding carboxylic acids is 1. The summed E-state index contributed by atoms with van der Waals surface area (Å²) in [6, 6.07) is 11.3. The quantitative estimate of drug-likeness (QED) is 0.720. The molecule has 3 aromatic rings. The van der Waals surface area contributed by atoms with Crippen LogP contribution in [-0.4, -0.2) is 36.6 Å². The van der Waals surface area contributed by atoms with Crippen LogP contribution < -0.4 is 19.7 Å². The molecule has 4 rings (SSSR count). The number of fused-ring (bicyclic) bond motifs is 1. The number of rotatable bonds is 5. The number of hydrogen-bond donors (Lipinski definition) is 1. The van der Waals surface area contributed by atoms with Crippen LogP contribution in [0.4, 0.5) is 11.5 Å². The summed E-state index contributed by atoms with van der Waals surface area (Å²) < 4.78 is 10.8. The fourth-order valence-electron chi connectivity index (χ4n) is 3.44. The normalized spacial score (nSPS) is 12.8. The summed E-state index contributed by atoms with van der Waals surface area (Å²) in [5.41, 5.74) is 3.98. The lowest BCUT2D eigenvalue weighted by Crippen LogP contribution is -2.30. The van der Waals surface area contributed by atoms with E-state index in [4.69, 9.17) is 9.47 Å². The molecule has 0 aliphatic carbocycles. The molecule has 2 aromatic heterocycles. The molecule has 0 saturated heterocycles. The van der Waals surface area contributed by atoms with Crippen LogP contribution in [0.25, 0.3) is 0 Å². The summed E-state index contributed by atoms with van der Waals surface area (Å²) in [7, 11) is 3.30. The van der Waals surface area contributed by atoms with Crippen molar-refractivity contribution in [2.75, 3.05) is 31.0 Å². The van der Waals surface area contributed by atoms with E-state index in [1.807, 2.05) is 18.2 Å². The van der Waals surface area contributed by atoms with Crippen molar-refractivity contribution in [1.82, 2.24) is 9.97 Å². The number of nitrogens with zero attached hydrogens (tertiary/aromatic N) is 3. The lowest BCUT2D eigenvalue weighted by atomic mass is 9.98. The minimum absolute atomic E-state index is 0.230. The standard InChI is InChI=1S/C22H22N4O3/c1-28-19-10-15-7-9-26(14-17(15)11-20(19)29-2)18-5-6-21(24-13-18)25-22(27)16-4-3-8-23-12-16/h3-6,8,10-13H,7,9,14H2,1-2H3,(H,24,25,27). The molecule has 1 aliphatic heterocycles. The van der Waals surface area contributed by atoms with Gasteiger partial charge in [-0.3, -0.25) is 9.78 Å². The van der Waals surface area contributed by atoms with E-state index in [-0.39, 0.29) is 5.91 Å². The van der Waals surface area contributed by atoms with Gasteiger partial charge in [0.05, 0.1) is 31.7 Å². The summed E-state index contributed by atoms with van der Waals surface area (Å²) in [4.78, 5) is 22.8. The van der Waals surface area contributed by atoms with E-state index in [1.165, 1.54) is 17.3 Å². The van der Waals surface area contributed by atoms with E-state index in [0.29, 0.717) is 11.4 Å². The zero-order chi connectivity index (χ0) is 20.2. The number of benzene rings is 1. The number of pyridine rings is 2. The van der Waals surface area contributed by atoms with Crippen LogP contribution in [0.5, 0.6) is 11.5 Å². The van der Waals surface area contributed by atoms with Crippen LogP contribution in [0, 0.1) is 0 Å². The van der Waals surface area contributed by atoms with Gasteiger partial charge in [0.15, 0.2) is 11.5 Å². The van der Waals surface area contributed by atoms with Gasteiger partial charge in [0, 0.05) is 25.5 Å². The van der Waals surface area contributed by atoms with E-state index < -0.39 is 0 Å². The molecular formula is C22H22N4O3. The zero-order valence-corrected chi connectivity index (χ0v) is 16.4. The highest BCUT2D eigenvalue weighted by Crippen LogP contribution is 2.34. The summed E-state index contributed by atoms with van der Waals surface area (Å²) in [6.07, 6.45) is 5.85. The van der Waals surface area contributed by atoms with Crippen molar-refractivity contribution >= 4 is 17.4 Å². The Bertz CT molecular complexity index is 1010. The van der Waals surface area contributed by atoms with Gasteiger partial charge in [-0.1, -0.05) is 0 Å². The smallest absolute Gasteiger partial charge is 0.258 e. The summed E-state index contributed by atoms with van der Waals surface area (Å²) in [5.74, 6) is 1.77. The van der Waals surface area contributed by atoms with Crippen LogP contribution in [0.15, 0.2) is 55.0 Å². The van der Waals surface area contributed by atoms with Crippen LogP contribution in [0.3, 0.4) is 0 Å². The Balaban J connectivity index is 1.47. The SMILES string of the molecule is COc1cc2c(cc1OC)CN(c1ccc(NC(=O)c3cccnc3)nc1)CC2. The number of amides is 1. The Morgan fingerprint density at radius 2 is 1.86 bits per heavy atom. The Morgan fingerprint density at radius 1 is 1.07 bits per heavy atom. The van der Waals surface area contributed by atoms with Crippen molar-refractivity contribution < 1.29 is 14.3 Å². The maximum absolute atomic E-state index is 12.2. The molecule has 3 heterocycles. The van der Waals surface area contributed by atoms with Gasteiger partial charge >= 0.3 is 0 Å². The first-order valence-corrected chi connectivity index (χ1v) is 9.34. The van der Waals surface area contributed by atoms with Crippen molar-refractivity contribution in [3.63, 3.8) is 0 Å². The molecule has 0 bridgehead atoms. The minimum Gasteiger partial charge on any atom is -0.493 e. The minimum atomic E-state index is -0.230. The highest BCUT2D eigenvalue weighted by atomic mass is 16.5. The Labute approximate surface area is 169 Å². The van der Waals surface area contributed by atoms with E-state index in [0.717, 1.165) is 36.7 Å². The maximum Gasteiger partial charge on any atom is 0.258 e. The molecule has 7 heteroatoms. The van der Waals surface area contributed by atoms with E-state index in [2.05, 4.69) is 26.3 Å². The highest BCUT2D eigenvalue weighted by Gasteiger charge is 2.20. The summed E-state index contributed by atoms with van der Waals surface area (Å²) in [6.45, 7) is 1.64. The first-order valence-electron chi connectivity index (χ1n) is 9.34. The van der Waals surface area contributed by atoms with Crippen molar-refractivity contribution in [3.05, 3.63) is 71.7 Å². The average Bonchev–Trinajstić information content (AvgIpc) is 2.78. The third-order valence-corrected chi connectivity index (χ3v) is 5.00. The number of ether oxygens (including phenoxy) is 2. The monoisotopic (exact) mass is 390 g/mol. The molecule has 7 nitrogen and oxygen atoms in total. The molecular weight excluding hydrogens is 368 g/mol. The Hall–Kier alpha value is -3.61. The van der Waals surface area contributed by atoms with Crippen molar-refractivity contribution in [3.8, 4) is 11.5 Å². The van der Waals surface area contributed by atoms with Gasteiger partial charge in [0.2, 0.25) is 0 Å². The molecule has 1 aliphatic rings. The van der Waals surface area contributed by atoms with Crippen molar-refractivity contribution in [2.45, 2.75) is 13.0 Å². The molecule has 0 radical (unpaired) electrons. The number of anilines is 2. The van der Waals surface area contributed by atoms with Gasteiger partial charge in [0.1, 0.15) is 5.82 Å². The number of hydrogen-bond acceptors (Lipinski definition) is 6. The van der Waals surface area contributed by atoms with Crippen LogP contribution in [0.1, 0.15) is 21.5 Å².